The fourth-order valence-corrected chi connectivity index (χ4v) is 1.60. The minimum Gasteiger partial charge on any atom is -0.352 e. The summed E-state index contributed by atoms with van der Waals surface area (Å²) in [4.78, 5) is 15.9. The Kier molecular flexibility index (Phi) is 6.62. The molecule has 1 aromatic rings. The molecule has 0 unspecified atom stereocenters. The molecule has 0 fully saturated rings. The van der Waals surface area contributed by atoms with Gasteiger partial charge in [0.15, 0.2) is 0 Å². The zero-order valence-electron chi connectivity index (χ0n) is 11.6. The molecule has 19 heavy (non-hydrogen) atoms. The summed E-state index contributed by atoms with van der Waals surface area (Å²) in [5.74, 6) is 6.16. The van der Waals surface area contributed by atoms with Gasteiger partial charge in [0.25, 0.3) is 5.91 Å². The molecule has 0 bridgehead atoms. The predicted molar refractivity (Wildman–Crippen MR) is 76.6 cm³/mol. The monoisotopic (exact) mass is 259 g/mol. The van der Waals surface area contributed by atoms with E-state index in [2.05, 4.69) is 36.0 Å². The lowest BCUT2D eigenvalue weighted by molar-refractivity contribution is 0.0952. The van der Waals surface area contributed by atoms with Gasteiger partial charge in [0.2, 0.25) is 0 Å². The van der Waals surface area contributed by atoms with E-state index in [-0.39, 0.29) is 5.91 Å². The van der Waals surface area contributed by atoms with Gasteiger partial charge in [0.1, 0.15) is 0 Å². The minimum absolute atomic E-state index is 0.104. The Balaban J connectivity index is 2.52. The number of pyridine rings is 1. The highest BCUT2D eigenvalue weighted by Gasteiger charge is 2.05. The molecule has 0 aromatic carbocycles. The number of aromatic nitrogens is 1. The van der Waals surface area contributed by atoms with Gasteiger partial charge >= 0.3 is 0 Å². The van der Waals surface area contributed by atoms with Crippen LogP contribution in [0.4, 0.5) is 0 Å². The average Bonchev–Trinajstić information content (AvgIpc) is 2.41. The summed E-state index contributed by atoms with van der Waals surface area (Å²) < 4.78 is 0. The number of rotatable bonds is 5. The summed E-state index contributed by atoms with van der Waals surface area (Å²) in [7, 11) is 0. The van der Waals surface area contributed by atoms with E-state index in [1.54, 1.807) is 18.5 Å². The third kappa shape index (κ3) is 6.03. The van der Waals surface area contributed by atoms with Crippen molar-refractivity contribution in [2.45, 2.75) is 26.7 Å². The third-order valence-corrected chi connectivity index (χ3v) is 2.58. The van der Waals surface area contributed by atoms with Crippen LogP contribution in [0.25, 0.3) is 0 Å². The van der Waals surface area contributed by atoms with Crippen molar-refractivity contribution in [2.75, 3.05) is 13.1 Å². The smallest absolute Gasteiger partial charge is 0.252 e. The number of nitrogens with two attached hydrogens (primary N) is 1. The van der Waals surface area contributed by atoms with Crippen LogP contribution in [-0.4, -0.2) is 24.0 Å². The second kappa shape index (κ2) is 8.28. The normalized spacial score (nSPS) is 9.89. The van der Waals surface area contributed by atoms with E-state index in [1.165, 1.54) is 0 Å². The van der Waals surface area contributed by atoms with Crippen molar-refractivity contribution >= 4 is 5.91 Å². The zero-order valence-corrected chi connectivity index (χ0v) is 11.6. The van der Waals surface area contributed by atoms with Crippen LogP contribution in [0.5, 0.6) is 0 Å². The molecule has 0 atom stereocenters. The average molecular weight is 259 g/mol. The molecule has 4 nitrogen and oxygen atoms in total. The summed E-state index contributed by atoms with van der Waals surface area (Å²) in [6.45, 7) is 5.33. The van der Waals surface area contributed by atoms with Gasteiger partial charge in [-0.1, -0.05) is 25.7 Å². The maximum atomic E-state index is 11.9. The number of hydrogen-bond donors (Lipinski definition) is 2. The summed E-state index contributed by atoms with van der Waals surface area (Å²) >= 11 is 0. The molecule has 0 spiro atoms. The molecule has 0 saturated carbocycles. The van der Waals surface area contributed by atoms with Crippen molar-refractivity contribution in [3.63, 3.8) is 0 Å². The molecule has 3 N–H and O–H groups in total. The number of nitrogens with one attached hydrogen (secondary N) is 1. The zero-order chi connectivity index (χ0) is 14.1. The van der Waals surface area contributed by atoms with Gasteiger partial charge in [-0.15, -0.1) is 0 Å². The van der Waals surface area contributed by atoms with E-state index in [0.29, 0.717) is 30.1 Å². The van der Waals surface area contributed by atoms with Gasteiger partial charge in [-0.3, -0.25) is 9.78 Å². The topological polar surface area (TPSA) is 68.0 Å². The lowest BCUT2D eigenvalue weighted by atomic mass is 10.1. The van der Waals surface area contributed by atoms with Crippen molar-refractivity contribution < 1.29 is 4.79 Å². The van der Waals surface area contributed by atoms with Gasteiger partial charge in [0.05, 0.1) is 12.1 Å². The Morgan fingerprint density at radius 2 is 2.26 bits per heavy atom. The second-order valence-electron chi connectivity index (χ2n) is 4.76. The highest BCUT2D eigenvalue weighted by atomic mass is 16.1. The van der Waals surface area contributed by atoms with E-state index in [9.17, 15) is 4.79 Å². The van der Waals surface area contributed by atoms with E-state index >= 15 is 0 Å². The molecule has 0 aliphatic heterocycles. The lowest BCUT2D eigenvalue weighted by Gasteiger charge is -2.06. The summed E-state index contributed by atoms with van der Waals surface area (Å²) in [6.07, 6.45) is 5.27. The first kappa shape index (κ1) is 15.2. The minimum atomic E-state index is -0.104. The molecule has 1 amide bonds. The second-order valence-corrected chi connectivity index (χ2v) is 4.76. The van der Waals surface area contributed by atoms with Gasteiger partial charge in [0, 0.05) is 24.5 Å². The molecule has 1 heterocycles. The first-order valence-corrected chi connectivity index (χ1v) is 6.55. The number of hydrogen-bond acceptors (Lipinski definition) is 3. The standard InChI is InChI=1S/C15H21N3O/c1-12(2)5-4-8-18-15(19)14-9-13(6-3-7-16)10-17-11-14/h9-12H,4-5,7-8,16H2,1-2H3,(H,18,19). The van der Waals surface area contributed by atoms with Crippen molar-refractivity contribution in [1.82, 2.24) is 10.3 Å². The molecule has 0 aliphatic rings. The quantitative estimate of drug-likeness (QED) is 0.623. The number of carbonyl (C=O) groups is 1. The first-order valence-electron chi connectivity index (χ1n) is 6.55. The Hall–Kier alpha value is -1.86. The fraction of sp³-hybridized carbons (Fsp3) is 0.467. The van der Waals surface area contributed by atoms with E-state index < -0.39 is 0 Å². The fourth-order valence-electron chi connectivity index (χ4n) is 1.60. The molecule has 4 heteroatoms. The van der Waals surface area contributed by atoms with E-state index in [1.807, 2.05) is 0 Å². The highest BCUT2D eigenvalue weighted by molar-refractivity contribution is 5.94. The SMILES string of the molecule is CC(C)CCCNC(=O)c1cncc(C#CCN)c1. The van der Waals surface area contributed by atoms with Gasteiger partial charge in [-0.2, -0.15) is 0 Å². The van der Waals surface area contributed by atoms with Crippen molar-refractivity contribution in [2.24, 2.45) is 11.7 Å². The molecule has 1 rings (SSSR count). The maximum absolute atomic E-state index is 11.9. The largest absolute Gasteiger partial charge is 0.352 e. The summed E-state index contributed by atoms with van der Waals surface area (Å²) in [5, 5.41) is 2.89. The highest BCUT2D eigenvalue weighted by Crippen LogP contribution is 2.04. The Labute approximate surface area is 114 Å². The molecule has 0 aliphatic carbocycles. The summed E-state index contributed by atoms with van der Waals surface area (Å²) in [5.41, 5.74) is 6.55. The van der Waals surface area contributed by atoms with Crippen molar-refractivity contribution in [3.8, 4) is 11.8 Å². The van der Waals surface area contributed by atoms with Crippen LogP contribution >= 0.6 is 0 Å². The first-order chi connectivity index (χ1) is 9.13. The number of carbonyl (C=O) groups excluding carboxylic acids is 1. The van der Waals surface area contributed by atoms with Crippen LogP contribution in [0.2, 0.25) is 0 Å². The predicted octanol–water partition coefficient (Wildman–Crippen LogP) is 1.56. The molecule has 1 aromatic heterocycles. The van der Waals surface area contributed by atoms with Crippen LogP contribution in [0.3, 0.4) is 0 Å². The van der Waals surface area contributed by atoms with Crippen LogP contribution < -0.4 is 11.1 Å². The van der Waals surface area contributed by atoms with Crippen molar-refractivity contribution in [3.05, 3.63) is 29.6 Å². The van der Waals surface area contributed by atoms with E-state index in [4.69, 9.17) is 5.73 Å². The molecular weight excluding hydrogens is 238 g/mol. The van der Waals surface area contributed by atoms with Gasteiger partial charge in [-0.05, 0) is 24.8 Å². The van der Waals surface area contributed by atoms with Gasteiger partial charge in [-0.25, -0.2) is 0 Å². The third-order valence-electron chi connectivity index (χ3n) is 2.58. The van der Waals surface area contributed by atoms with Gasteiger partial charge < -0.3 is 11.1 Å². The number of nitrogens with zero attached hydrogens (tertiary/aromatic N) is 1. The molecule has 0 radical (unpaired) electrons. The van der Waals surface area contributed by atoms with Crippen LogP contribution in [0.15, 0.2) is 18.5 Å². The van der Waals surface area contributed by atoms with Crippen LogP contribution in [0.1, 0.15) is 42.6 Å². The summed E-state index contributed by atoms with van der Waals surface area (Å²) in [6, 6.07) is 1.73. The van der Waals surface area contributed by atoms with Crippen molar-refractivity contribution in [1.29, 1.82) is 0 Å². The molecule has 0 saturated heterocycles. The molecular formula is C15H21N3O. The Morgan fingerprint density at radius 3 is 2.95 bits per heavy atom. The molecule has 102 valence electrons. The van der Waals surface area contributed by atoms with E-state index in [0.717, 1.165) is 12.8 Å². The van der Waals surface area contributed by atoms with Crippen LogP contribution in [0, 0.1) is 17.8 Å². The Bertz CT molecular complexity index is 472. The Morgan fingerprint density at radius 1 is 1.47 bits per heavy atom. The lowest BCUT2D eigenvalue weighted by Crippen LogP contribution is -2.24. The number of amides is 1. The van der Waals surface area contributed by atoms with Crippen LogP contribution in [-0.2, 0) is 0 Å². The maximum Gasteiger partial charge on any atom is 0.252 e.